The monoisotopic (exact) mass is 529 g/mol. The molecule has 1 heterocycles. The summed E-state index contributed by atoms with van der Waals surface area (Å²) in [5, 5.41) is 3.29. The van der Waals surface area contributed by atoms with Crippen LogP contribution in [0.25, 0.3) is 0 Å². The molecule has 1 N–H and O–H groups in total. The molecule has 1 fully saturated rings. The Balaban J connectivity index is 1.44. The number of benzene rings is 3. The van der Waals surface area contributed by atoms with Crippen LogP contribution in [0, 0.1) is 0 Å². The highest BCUT2D eigenvalue weighted by Crippen LogP contribution is 2.23. The zero-order valence-electron chi connectivity index (χ0n) is 21.3. The third-order valence-electron chi connectivity index (χ3n) is 6.41. The van der Waals surface area contributed by atoms with E-state index in [-0.39, 0.29) is 24.8 Å². The fourth-order valence-corrected chi connectivity index (χ4v) is 4.82. The molecule has 196 valence electrons. The van der Waals surface area contributed by atoms with Crippen LogP contribution in [0.2, 0.25) is 0 Å². The van der Waals surface area contributed by atoms with Crippen molar-refractivity contribution in [2.75, 3.05) is 25.0 Å². The molecule has 0 bridgehead atoms. The van der Waals surface area contributed by atoms with E-state index in [0.29, 0.717) is 42.3 Å². The lowest BCUT2D eigenvalue weighted by Gasteiger charge is -2.24. The molecule has 1 aliphatic rings. The van der Waals surface area contributed by atoms with E-state index in [9.17, 15) is 14.4 Å². The number of carbonyl (C=O) groups excluding carboxylic acids is 3. The molecule has 0 aromatic heterocycles. The summed E-state index contributed by atoms with van der Waals surface area (Å²) in [6, 6.07) is 25.7. The molecule has 3 aromatic carbocycles. The zero-order chi connectivity index (χ0) is 26.9. The molecular formula is C30H31N3O4S. The Morgan fingerprint density at radius 2 is 1.45 bits per heavy atom. The van der Waals surface area contributed by atoms with Gasteiger partial charge in [0, 0.05) is 18.8 Å². The van der Waals surface area contributed by atoms with Gasteiger partial charge in [0.15, 0.2) is 5.11 Å². The second kappa shape index (κ2) is 13.0. The predicted octanol–water partition coefficient (Wildman–Crippen LogP) is 4.48. The molecule has 2 amide bonds. The fourth-order valence-electron chi connectivity index (χ4n) is 4.42. The Hall–Kier alpha value is -4.04. The van der Waals surface area contributed by atoms with Crippen LogP contribution >= 0.6 is 12.2 Å². The minimum atomic E-state index is -0.680. The Labute approximate surface area is 228 Å². The van der Waals surface area contributed by atoms with Crippen molar-refractivity contribution in [1.82, 2.24) is 9.80 Å². The Morgan fingerprint density at radius 3 is 2.03 bits per heavy atom. The largest absolute Gasteiger partial charge is 0.462 e. The van der Waals surface area contributed by atoms with Gasteiger partial charge in [-0.1, -0.05) is 60.7 Å². The van der Waals surface area contributed by atoms with Gasteiger partial charge in [-0.25, -0.2) is 4.79 Å². The molecule has 7 nitrogen and oxygen atoms in total. The van der Waals surface area contributed by atoms with Crippen molar-refractivity contribution in [3.05, 3.63) is 102 Å². The first kappa shape index (κ1) is 27.0. The number of carbonyl (C=O) groups is 3. The molecule has 38 heavy (non-hydrogen) atoms. The van der Waals surface area contributed by atoms with Gasteiger partial charge in [0.1, 0.15) is 6.04 Å². The van der Waals surface area contributed by atoms with E-state index in [1.54, 1.807) is 36.1 Å². The quantitative estimate of drug-likeness (QED) is 0.292. The van der Waals surface area contributed by atoms with Crippen LogP contribution in [0.15, 0.2) is 84.9 Å². The lowest BCUT2D eigenvalue weighted by Crippen LogP contribution is -2.39. The van der Waals surface area contributed by atoms with Crippen LogP contribution in [-0.2, 0) is 27.2 Å². The predicted molar refractivity (Wildman–Crippen MR) is 151 cm³/mol. The molecule has 0 saturated carbocycles. The normalized spacial score (nSPS) is 15.0. The number of hydrogen-bond donors (Lipinski definition) is 1. The summed E-state index contributed by atoms with van der Waals surface area (Å²) < 4.78 is 5.00. The number of esters is 1. The van der Waals surface area contributed by atoms with Crippen molar-refractivity contribution in [2.24, 2.45) is 0 Å². The molecule has 1 aliphatic heterocycles. The van der Waals surface area contributed by atoms with Crippen LogP contribution < -0.4 is 5.32 Å². The first-order chi connectivity index (χ1) is 18.5. The second-order valence-corrected chi connectivity index (χ2v) is 9.37. The van der Waals surface area contributed by atoms with Gasteiger partial charge >= 0.3 is 5.97 Å². The van der Waals surface area contributed by atoms with E-state index in [1.807, 2.05) is 65.6 Å². The first-order valence-electron chi connectivity index (χ1n) is 12.7. The zero-order valence-corrected chi connectivity index (χ0v) is 22.2. The van der Waals surface area contributed by atoms with Crippen molar-refractivity contribution in [1.29, 1.82) is 0 Å². The molecule has 1 atom stereocenters. The first-order valence-corrected chi connectivity index (χ1v) is 13.1. The van der Waals surface area contributed by atoms with E-state index in [0.717, 1.165) is 11.1 Å². The Kier molecular flexibility index (Phi) is 9.21. The van der Waals surface area contributed by atoms with Gasteiger partial charge in [-0.2, -0.15) is 0 Å². The van der Waals surface area contributed by atoms with Crippen molar-refractivity contribution >= 4 is 40.8 Å². The maximum atomic E-state index is 13.5. The van der Waals surface area contributed by atoms with Crippen LogP contribution in [0.4, 0.5) is 5.69 Å². The highest BCUT2D eigenvalue weighted by atomic mass is 32.1. The maximum absolute atomic E-state index is 13.5. The van der Waals surface area contributed by atoms with Gasteiger partial charge in [-0.15, -0.1) is 0 Å². The highest BCUT2D eigenvalue weighted by Gasteiger charge is 2.42. The van der Waals surface area contributed by atoms with Gasteiger partial charge in [0.05, 0.1) is 18.6 Å². The number of rotatable bonds is 11. The van der Waals surface area contributed by atoms with Gasteiger partial charge < -0.3 is 15.0 Å². The molecule has 8 heteroatoms. The topological polar surface area (TPSA) is 78.9 Å². The van der Waals surface area contributed by atoms with Crippen LogP contribution in [0.3, 0.4) is 0 Å². The highest BCUT2D eigenvalue weighted by molar-refractivity contribution is 7.80. The van der Waals surface area contributed by atoms with Crippen molar-refractivity contribution < 1.29 is 19.1 Å². The number of anilines is 1. The number of nitrogens with zero attached hydrogens (tertiary/aromatic N) is 2. The smallest absolute Gasteiger partial charge is 0.338 e. The van der Waals surface area contributed by atoms with Crippen molar-refractivity contribution in [3.8, 4) is 0 Å². The number of hydrogen-bond acceptors (Lipinski definition) is 5. The minimum Gasteiger partial charge on any atom is -0.462 e. The molecule has 1 saturated heterocycles. The van der Waals surface area contributed by atoms with Crippen LogP contribution in [0.5, 0.6) is 0 Å². The van der Waals surface area contributed by atoms with Crippen LogP contribution in [0.1, 0.15) is 34.8 Å². The third kappa shape index (κ3) is 6.83. The average molecular weight is 530 g/mol. The number of ether oxygens (including phenoxy) is 1. The summed E-state index contributed by atoms with van der Waals surface area (Å²) in [6.45, 7) is 3.02. The summed E-state index contributed by atoms with van der Waals surface area (Å²) in [5.74, 6) is -0.878. The van der Waals surface area contributed by atoms with E-state index in [2.05, 4.69) is 5.32 Å². The van der Waals surface area contributed by atoms with E-state index >= 15 is 0 Å². The molecule has 3 aromatic rings. The van der Waals surface area contributed by atoms with Crippen molar-refractivity contribution in [2.45, 2.75) is 32.2 Å². The molecule has 0 unspecified atom stereocenters. The van der Waals surface area contributed by atoms with Crippen molar-refractivity contribution in [3.63, 3.8) is 0 Å². The third-order valence-corrected chi connectivity index (χ3v) is 6.87. The second-order valence-electron chi connectivity index (χ2n) is 9.00. The van der Waals surface area contributed by atoms with Gasteiger partial charge in [0.25, 0.3) is 5.91 Å². The number of thiocarbonyl (C=S) groups is 1. The van der Waals surface area contributed by atoms with E-state index in [4.69, 9.17) is 17.0 Å². The summed E-state index contributed by atoms with van der Waals surface area (Å²) in [4.78, 5) is 41.9. The minimum absolute atomic E-state index is 0.0325. The van der Waals surface area contributed by atoms with E-state index in [1.165, 1.54) is 0 Å². The molecule has 0 aliphatic carbocycles. The molecule has 0 spiro atoms. The summed E-state index contributed by atoms with van der Waals surface area (Å²) in [5.41, 5.74) is 3.19. The summed E-state index contributed by atoms with van der Waals surface area (Å²) in [6.07, 6.45) is 1.34. The number of nitrogens with one attached hydrogen (secondary N) is 1. The molecule has 4 rings (SSSR count). The lowest BCUT2D eigenvalue weighted by atomic mass is 10.1. The lowest BCUT2D eigenvalue weighted by molar-refractivity contribution is -0.130. The summed E-state index contributed by atoms with van der Waals surface area (Å²) in [7, 11) is 0. The van der Waals surface area contributed by atoms with E-state index < -0.39 is 12.0 Å². The fraction of sp³-hybridized carbons (Fsp3) is 0.267. The van der Waals surface area contributed by atoms with Gasteiger partial charge in [-0.3, -0.25) is 14.5 Å². The average Bonchev–Trinajstić information content (AvgIpc) is 3.15. The Bertz CT molecular complexity index is 1270. The summed E-state index contributed by atoms with van der Waals surface area (Å²) >= 11 is 5.75. The van der Waals surface area contributed by atoms with Gasteiger partial charge in [0.2, 0.25) is 5.91 Å². The maximum Gasteiger partial charge on any atom is 0.338 e. The Morgan fingerprint density at radius 1 is 0.868 bits per heavy atom. The SMILES string of the molecule is CCOC(=O)c1ccc(NC(=O)C[C@H]2C(=O)N(CCc3ccccc3)C(=S)N2CCc2ccccc2)cc1. The van der Waals surface area contributed by atoms with Gasteiger partial charge in [-0.05, 0) is 67.4 Å². The standard InChI is InChI=1S/C30H31N3O4S/c1-2-37-29(36)24-13-15-25(16-14-24)31-27(34)21-26-28(35)33(20-18-23-11-7-4-8-12-23)30(38)32(26)19-17-22-9-5-3-6-10-22/h3-16,26H,2,17-21H2,1H3,(H,31,34)/t26-/m0/s1. The number of amides is 2. The van der Waals surface area contributed by atoms with Crippen LogP contribution in [-0.4, -0.2) is 58.4 Å². The molecule has 0 radical (unpaired) electrons. The molecular weight excluding hydrogens is 498 g/mol.